The molecule has 0 amide bonds. The summed E-state index contributed by atoms with van der Waals surface area (Å²) >= 11 is 0. The molecular weight excluding hydrogens is 224 g/mol. The number of hydrogen-bond acceptors (Lipinski definition) is 3. The van der Waals surface area contributed by atoms with Crippen LogP contribution < -0.4 is 15.4 Å². The maximum atomic E-state index is 6.13. The summed E-state index contributed by atoms with van der Waals surface area (Å²) in [4.78, 5) is 2.45. The number of rotatable bonds is 3. The van der Waals surface area contributed by atoms with Crippen molar-refractivity contribution in [1.82, 2.24) is 0 Å². The molecular formula is C15H24N2O. The van der Waals surface area contributed by atoms with Gasteiger partial charge in [-0.25, -0.2) is 0 Å². The molecule has 0 spiro atoms. The van der Waals surface area contributed by atoms with Gasteiger partial charge in [0.25, 0.3) is 0 Å². The zero-order valence-electron chi connectivity index (χ0n) is 11.6. The van der Waals surface area contributed by atoms with E-state index in [0.29, 0.717) is 0 Å². The maximum Gasteiger partial charge on any atom is 0.125 e. The lowest BCUT2D eigenvalue weighted by molar-refractivity contribution is 0.405. The molecule has 18 heavy (non-hydrogen) atoms. The highest BCUT2D eigenvalue weighted by atomic mass is 16.5. The Kier molecular flexibility index (Phi) is 4.12. The number of nitrogens with zero attached hydrogens (tertiary/aromatic N) is 1. The molecule has 1 saturated heterocycles. The predicted molar refractivity (Wildman–Crippen MR) is 76.2 cm³/mol. The molecule has 1 aliphatic heterocycles. The summed E-state index contributed by atoms with van der Waals surface area (Å²) in [6, 6.07) is 6.21. The van der Waals surface area contributed by atoms with E-state index in [-0.39, 0.29) is 6.04 Å². The highest BCUT2D eigenvalue weighted by Gasteiger charge is 2.22. The largest absolute Gasteiger partial charge is 0.496 e. The first-order valence-corrected chi connectivity index (χ1v) is 6.81. The molecule has 0 aromatic heterocycles. The second-order valence-electron chi connectivity index (χ2n) is 5.38. The van der Waals surface area contributed by atoms with Gasteiger partial charge in [-0.05, 0) is 37.8 Å². The van der Waals surface area contributed by atoms with E-state index in [1.165, 1.54) is 18.5 Å². The van der Waals surface area contributed by atoms with Crippen LogP contribution in [0.2, 0.25) is 0 Å². The Bertz CT molecular complexity index is 403. The van der Waals surface area contributed by atoms with Crippen LogP contribution in [0.5, 0.6) is 5.75 Å². The third-order valence-corrected chi connectivity index (χ3v) is 3.72. The molecule has 3 nitrogen and oxygen atoms in total. The summed E-state index contributed by atoms with van der Waals surface area (Å²) in [5.41, 5.74) is 8.51. The van der Waals surface area contributed by atoms with Crippen LogP contribution in [0.1, 0.15) is 38.3 Å². The summed E-state index contributed by atoms with van der Waals surface area (Å²) in [5.74, 6) is 1.66. The number of ether oxygens (including phenoxy) is 1. The van der Waals surface area contributed by atoms with E-state index in [1.54, 1.807) is 7.11 Å². The summed E-state index contributed by atoms with van der Waals surface area (Å²) in [6.45, 7) is 6.58. The molecule has 0 aliphatic carbocycles. The van der Waals surface area contributed by atoms with Crippen molar-refractivity contribution in [2.45, 2.75) is 32.7 Å². The van der Waals surface area contributed by atoms with Crippen LogP contribution in [0.15, 0.2) is 18.2 Å². The Hall–Kier alpha value is -1.22. The minimum atomic E-state index is -0.00613. The number of hydrogen-bond donors (Lipinski definition) is 1. The first-order chi connectivity index (χ1) is 8.63. The topological polar surface area (TPSA) is 38.5 Å². The standard InChI is InChI=1S/C15H24N2O/c1-11-6-5-9-17(10-11)13-7-4-8-14(18-3)15(13)12(2)16/h4,7-8,11-12H,5-6,9-10,16H2,1-3H3. The second kappa shape index (κ2) is 5.61. The minimum absolute atomic E-state index is 0.00613. The average Bonchev–Trinajstić information content (AvgIpc) is 2.37. The van der Waals surface area contributed by atoms with Gasteiger partial charge in [-0.2, -0.15) is 0 Å². The van der Waals surface area contributed by atoms with Gasteiger partial charge < -0.3 is 15.4 Å². The fourth-order valence-electron chi connectivity index (χ4n) is 2.85. The molecule has 1 aromatic carbocycles. The van der Waals surface area contributed by atoms with E-state index in [0.717, 1.165) is 30.3 Å². The monoisotopic (exact) mass is 248 g/mol. The van der Waals surface area contributed by atoms with Gasteiger partial charge in [-0.1, -0.05) is 13.0 Å². The molecule has 2 atom stereocenters. The molecule has 2 rings (SSSR count). The summed E-state index contributed by atoms with van der Waals surface area (Å²) in [5, 5.41) is 0. The van der Waals surface area contributed by atoms with E-state index in [4.69, 9.17) is 10.5 Å². The number of benzene rings is 1. The van der Waals surface area contributed by atoms with Crippen molar-refractivity contribution < 1.29 is 4.74 Å². The second-order valence-corrected chi connectivity index (χ2v) is 5.38. The summed E-state index contributed by atoms with van der Waals surface area (Å²) in [7, 11) is 1.71. The van der Waals surface area contributed by atoms with Crippen LogP contribution in [0.25, 0.3) is 0 Å². The fraction of sp³-hybridized carbons (Fsp3) is 0.600. The number of methoxy groups -OCH3 is 1. The van der Waals surface area contributed by atoms with Crippen molar-refractivity contribution in [3.63, 3.8) is 0 Å². The predicted octanol–water partition coefficient (Wildman–Crippen LogP) is 2.95. The van der Waals surface area contributed by atoms with Gasteiger partial charge in [0, 0.05) is 30.4 Å². The third-order valence-electron chi connectivity index (χ3n) is 3.72. The number of nitrogens with two attached hydrogens (primary N) is 1. The molecule has 2 N–H and O–H groups in total. The fourth-order valence-corrected chi connectivity index (χ4v) is 2.85. The first kappa shape index (κ1) is 13.2. The molecule has 1 fully saturated rings. The Morgan fingerprint density at radius 2 is 2.22 bits per heavy atom. The highest BCUT2D eigenvalue weighted by molar-refractivity contribution is 5.61. The lowest BCUT2D eigenvalue weighted by Crippen LogP contribution is -2.35. The first-order valence-electron chi connectivity index (χ1n) is 6.81. The Balaban J connectivity index is 2.36. The van der Waals surface area contributed by atoms with Crippen LogP contribution in [-0.4, -0.2) is 20.2 Å². The quantitative estimate of drug-likeness (QED) is 0.893. The van der Waals surface area contributed by atoms with Gasteiger partial charge >= 0.3 is 0 Å². The lowest BCUT2D eigenvalue weighted by Gasteiger charge is -2.35. The molecule has 0 saturated carbocycles. The smallest absolute Gasteiger partial charge is 0.125 e. The SMILES string of the molecule is COc1cccc(N2CCCC(C)C2)c1C(C)N. The number of piperidine rings is 1. The Morgan fingerprint density at radius 1 is 1.44 bits per heavy atom. The highest BCUT2D eigenvalue weighted by Crippen LogP contribution is 2.35. The van der Waals surface area contributed by atoms with Gasteiger partial charge in [0.15, 0.2) is 0 Å². The number of anilines is 1. The van der Waals surface area contributed by atoms with Gasteiger partial charge in [0.2, 0.25) is 0 Å². The lowest BCUT2D eigenvalue weighted by atomic mass is 9.97. The molecule has 1 heterocycles. The minimum Gasteiger partial charge on any atom is -0.496 e. The summed E-state index contributed by atoms with van der Waals surface area (Å²) in [6.07, 6.45) is 2.59. The van der Waals surface area contributed by atoms with Gasteiger partial charge in [0.05, 0.1) is 7.11 Å². The van der Waals surface area contributed by atoms with E-state index < -0.39 is 0 Å². The van der Waals surface area contributed by atoms with E-state index in [2.05, 4.69) is 24.0 Å². The molecule has 0 bridgehead atoms. The molecule has 1 aromatic rings. The van der Waals surface area contributed by atoms with Crippen LogP contribution in [0, 0.1) is 5.92 Å². The van der Waals surface area contributed by atoms with Crippen molar-refractivity contribution in [3.05, 3.63) is 23.8 Å². The van der Waals surface area contributed by atoms with E-state index in [9.17, 15) is 0 Å². The van der Waals surface area contributed by atoms with Gasteiger partial charge in [0.1, 0.15) is 5.75 Å². The van der Waals surface area contributed by atoms with Crippen molar-refractivity contribution in [2.75, 3.05) is 25.1 Å². The van der Waals surface area contributed by atoms with E-state index >= 15 is 0 Å². The maximum absolute atomic E-state index is 6.13. The molecule has 100 valence electrons. The molecule has 3 heteroatoms. The van der Waals surface area contributed by atoms with Crippen molar-refractivity contribution >= 4 is 5.69 Å². The zero-order chi connectivity index (χ0) is 13.1. The Morgan fingerprint density at radius 3 is 2.83 bits per heavy atom. The van der Waals surface area contributed by atoms with Crippen molar-refractivity contribution in [2.24, 2.45) is 11.7 Å². The van der Waals surface area contributed by atoms with Crippen LogP contribution in [0.4, 0.5) is 5.69 Å². The van der Waals surface area contributed by atoms with Crippen LogP contribution in [-0.2, 0) is 0 Å². The third kappa shape index (κ3) is 2.61. The van der Waals surface area contributed by atoms with Crippen molar-refractivity contribution in [1.29, 1.82) is 0 Å². The molecule has 1 aliphatic rings. The van der Waals surface area contributed by atoms with Gasteiger partial charge in [-0.15, -0.1) is 0 Å². The average molecular weight is 248 g/mol. The van der Waals surface area contributed by atoms with Gasteiger partial charge in [-0.3, -0.25) is 0 Å². The zero-order valence-corrected chi connectivity index (χ0v) is 11.6. The van der Waals surface area contributed by atoms with Crippen LogP contribution >= 0.6 is 0 Å². The normalized spacial score (nSPS) is 21.8. The molecule has 2 unspecified atom stereocenters. The summed E-state index contributed by atoms with van der Waals surface area (Å²) < 4.78 is 5.46. The Labute approximate surface area is 110 Å². The molecule has 0 radical (unpaired) electrons. The van der Waals surface area contributed by atoms with Crippen LogP contribution in [0.3, 0.4) is 0 Å². The van der Waals surface area contributed by atoms with E-state index in [1.807, 2.05) is 13.0 Å². The van der Waals surface area contributed by atoms with Crippen molar-refractivity contribution in [3.8, 4) is 5.75 Å².